The predicted octanol–water partition coefficient (Wildman–Crippen LogP) is 3.58. The van der Waals surface area contributed by atoms with Crippen molar-refractivity contribution < 1.29 is 18.7 Å². The van der Waals surface area contributed by atoms with E-state index in [0.717, 1.165) is 11.8 Å². The number of carbonyl (C=O) groups excluding carboxylic acids is 1. The Kier molecular flexibility index (Phi) is 5.64. The van der Waals surface area contributed by atoms with Crippen LogP contribution in [0.3, 0.4) is 0 Å². The van der Waals surface area contributed by atoms with E-state index in [2.05, 4.69) is 5.32 Å². The highest BCUT2D eigenvalue weighted by Gasteiger charge is 2.26. The SMILES string of the molecule is C[C@@H](C(=O)Nc1ccc(F)cc1Cl)N(C)C[C@H]1COc2ccccc2O1. The molecule has 0 bridgehead atoms. The summed E-state index contributed by atoms with van der Waals surface area (Å²) in [5.74, 6) is 0.738. The first kappa shape index (κ1) is 18.5. The summed E-state index contributed by atoms with van der Waals surface area (Å²) < 4.78 is 24.7. The molecule has 0 spiro atoms. The van der Waals surface area contributed by atoms with Gasteiger partial charge in [-0.1, -0.05) is 23.7 Å². The van der Waals surface area contributed by atoms with Gasteiger partial charge in [-0.3, -0.25) is 9.69 Å². The minimum Gasteiger partial charge on any atom is -0.486 e. The number of amides is 1. The van der Waals surface area contributed by atoms with Crippen LogP contribution in [0.25, 0.3) is 0 Å². The van der Waals surface area contributed by atoms with Crippen LogP contribution < -0.4 is 14.8 Å². The van der Waals surface area contributed by atoms with Crippen LogP contribution in [0.5, 0.6) is 11.5 Å². The number of fused-ring (bicyclic) bond motifs is 1. The van der Waals surface area contributed by atoms with Crippen molar-refractivity contribution in [1.29, 1.82) is 0 Å². The van der Waals surface area contributed by atoms with Crippen molar-refractivity contribution in [3.05, 3.63) is 53.3 Å². The van der Waals surface area contributed by atoms with Crippen molar-refractivity contribution in [3.8, 4) is 11.5 Å². The van der Waals surface area contributed by atoms with Gasteiger partial charge < -0.3 is 14.8 Å². The molecule has 0 saturated carbocycles. The molecule has 0 saturated heterocycles. The predicted molar refractivity (Wildman–Crippen MR) is 98.5 cm³/mol. The van der Waals surface area contributed by atoms with E-state index in [-0.39, 0.29) is 17.0 Å². The minimum absolute atomic E-state index is 0.161. The zero-order valence-electron chi connectivity index (χ0n) is 14.5. The molecule has 0 radical (unpaired) electrons. The Balaban J connectivity index is 1.57. The summed E-state index contributed by atoms with van der Waals surface area (Å²) in [6, 6.07) is 10.9. The molecule has 26 heavy (non-hydrogen) atoms. The maximum atomic E-state index is 13.1. The first-order chi connectivity index (χ1) is 12.4. The normalized spacial score (nSPS) is 17.0. The van der Waals surface area contributed by atoms with Crippen LogP contribution in [0.4, 0.5) is 10.1 Å². The van der Waals surface area contributed by atoms with E-state index in [1.807, 2.05) is 36.2 Å². The fraction of sp³-hybridized carbons (Fsp3) is 0.316. The number of likely N-dealkylation sites (N-methyl/N-ethyl adjacent to an activating group) is 1. The number of para-hydroxylation sites is 2. The van der Waals surface area contributed by atoms with Gasteiger partial charge in [0.2, 0.25) is 5.91 Å². The zero-order valence-corrected chi connectivity index (χ0v) is 15.3. The minimum atomic E-state index is -0.451. The Morgan fingerprint density at radius 2 is 2.08 bits per heavy atom. The number of nitrogens with zero attached hydrogens (tertiary/aromatic N) is 1. The summed E-state index contributed by atoms with van der Waals surface area (Å²) in [6.07, 6.45) is -0.181. The Labute approximate surface area is 156 Å². The van der Waals surface area contributed by atoms with Crippen LogP contribution in [-0.2, 0) is 4.79 Å². The molecule has 1 amide bonds. The molecule has 1 aliphatic heterocycles. The van der Waals surface area contributed by atoms with E-state index >= 15 is 0 Å². The first-order valence-electron chi connectivity index (χ1n) is 8.28. The molecule has 2 aromatic carbocycles. The highest BCUT2D eigenvalue weighted by molar-refractivity contribution is 6.33. The average Bonchev–Trinajstić information content (AvgIpc) is 2.63. The van der Waals surface area contributed by atoms with Crippen molar-refractivity contribution in [3.63, 3.8) is 0 Å². The van der Waals surface area contributed by atoms with Gasteiger partial charge in [-0.25, -0.2) is 4.39 Å². The van der Waals surface area contributed by atoms with Crippen LogP contribution in [0, 0.1) is 5.82 Å². The quantitative estimate of drug-likeness (QED) is 0.864. The Morgan fingerprint density at radius 3 is 2.81 bits per heavy atom. The molecular formula is C19H20ClFN2O3. The second-order valence-corrected chi connectivity index (χ2v) is 6.63. The molecule has 0 aliphatic carbocycles. The van der Waals surface area contributed by atoms with Gasteiger partial charge in [-0.05, 0) is 44.3 Å². The lowest BCUT2D eigenvalue weighted by Crippen LogP contribution is -2.46. The van der Waals surface area contributed by atoms with E-state index in [9.17, 15) is 9.18 Å². The van der Waals surface area contributed by atoms with Crippen LogP contribution >= 0.6 is 11.6 Å². The molecular weight excluding hydrogens is 359 g/mol. The largest absolute Gasteiger partial charge is 0.486 e. The lowest BCUT2D eigenvalue weighted by Gasteiger charge is -2.31. The average molecular weight is 379 g/mol. The third-order valence-electron chi connectivity index (χ3n) is 4.29. The van der Waals surface area contributed by atoms with Crippen molar-refractivity contribution in [2.75, 3.05) is 25.5 Å². The van der Waals surface area contributed by atoms with Crippen LogP contribution in [0.1, 0.15) is 6.92 Å². The van der Waals surface area contributed by atoms with Gasteiger partial charge in [0, 0.05) is 6.54 Å². The van der Waals surface area contributed by atoms with Gasteiger partial charge in [-0.2, -0.15) is 0 Å². The second-order valence-electron chi connectivity index (χ2n) is 6.23. The third kappa shape index (κ3) is 4.26. The molecule has 1 heterocycles. The van der Waals surface area contributed by atoms with E-state index in [0.29, 0.717) is 24.6 Å². The number of nitrogens with one attached hydrogen (secondary N) is 1. The van der Waals surface area contributed by atoms with E-state index in [4.69, 9.17) is 21.1 Å². The lowest BCUT2D eigenvalue weighted by atomic mass is 10.2. The number of ether oxygens (including phenoxy) is 2. The van der Waals surface area contributed by atoms with Gasteiger partial charge in [0.15, 0.2) is 11.5 Å². The summed E-state index contributed by atoms with van der Waals surface area (Å²) in [5.41, 5.74) is 0.379. The molecule has 0 fully saturated rings. The van der Waals surface area contributed by atoms with Crippen LogP contribution in [0.15, 0.2) is 42.5 Å². The topological polar surface area (TPSA) is 50.8 Å². The number of rotatable bonds is 5. The van der Waals surface area contributed by atoms with Gasteiger partial charge in [0.05, 0.1) is 16.8 Å². The molecule has 0 aromatic heterocycles. The summed E-state index contributed by atoms with van der Waals surface area (Å²) in [5, 5.41) is 2.88. The second kappa shape index (κ2) is 7.93. The Morgan fingerprint density at radius 1 is 1.35 bits per heavy atom. The monoisotopic (exact) mass is 378 g/mol. The molecule has 1 aliphatic rings. The standard InChI is InChI=1S/C19H20ClFN2O3/c1-12(19(24)22-16-8-7-13(21)9-15(16)20)23(2)10-14-11-25-17-5-3-4-6-18(17)26-14/h3-9,12,14H,10-11H2,1-2H3,(H,22,24)/t12-,14-/m0/s1. The lowest BCUT2D eigenvalue weighted by molar-refractivity contribution is -0.120. The molecule has 5 nitrogen and oxygen atoms in total. The number of hydrogen-bond donors (Lipinski definition) is 1. The van der Waals surface area contributed by atoms with Gasteiger partial charge in [-0.15, -0.1) is 0 Å². The summed E-state index contributed by atoms with van der Waals surface area (Å²) in [6.45, 7) is 2.71. The molecule has 1 N–H and O–H groups in total. The maximum Gasteiger partial charge on any atom is 0.241 e. The van der Waals surface area contributed by atoms with Crippen molar-refractivity contribution in [2.24, 2.45) is 0 Å². The van der Waals surface area contributed by atoms with Gasteiger partial charge >= 0.3 is 0 Å². The smallest absolute Gasteiger partial charge is 0.241 e. The summed E-state index contributed by atoms with van der Waals surface area (Å²) in [7, 11) is 1.83. The van der Waals surface area contributed by atoms with Gasteiger partial charge in [0.1, 0.15) is 18.5 Å². The highest BCUT2D eigenvalue weighted by Crippen LogP contribution is 2.31. The zero-order chi connectivity index (χ0) is 18.7. The first-order valence-corrected chi connectivity index (χ1v) is 8.66. The van der Waals surface area contributed by atoms with E-state index in [1.165, 1.54) is 12.1 Å². The Hall–Kier alpha value is -2.31. The summed E-state index contributed by atoms with van der Waals surface area (Å²) in [4.78, 5) is 14.3. The van der Waals surface area contributed by atoms with Crippen molar-refractivity contribution >= 4 is 23.2 Å². The third-order valence-corrected chi connectivity index (χ3v) is 4.60. The van der Waals surface area contributed by atoms with Crippen molar-refractivity contribution in [2.45, 2.75) is 19.1 Å². The van der Waals surface area contributed by atoms with Gasteiger partial charge in [0.25, 0.3) is 0 Å². The number of anilines is 1. The molecule has 2 aromatic rings. The molecule has 2 atom stereocenters. The fourth-order valence-corrected chi connectivity index (χ4v) is 2.88. The number of halogens is 2. The Bertz CT molecular complexity index is 802. The molecule has 3 rings (SSSR count). The summed E-state index contributed by atoms with van der Waals surface area (Å²) >= 11 is 5.96. The van der Waals surface area contributed by atoms with E-state index in [1.54, 1.807) is 6.92 Å². The number of benzene rings is 2. The molecule has 0 unspecified atom stereocenters. The van der Waals surface area contributed by atoms with Crippen LogP contribution in [0.2, 0.25) is 5.02 Å². The highest BCUT2D eigenvalue weighted by atomic mass is 35.5. The van der Waals surface area contributed by atoms with E-state index < -0.39 is 11.9 Å². The van der Waals surface area contributed by atoms with Crippen LogP contribution in [-0.4, -0.2) is 43.2 Å². The molecule has 138 valence electrons. The van der Waals surface area contributed by atoms with Crippen molar-refractivity contribution in [1.82, 2.24) is 4.90 Å². The number of carbonyl (C=O) groups is 1. The molecule has 7 heteroatoms. The number of hydrogen-bond acceptors (Lipinski definition) is 4. The maximum absolute atomic E-state index is 13.1. The fourth-order valence-electron chi connectivity index (χ4n) is 2.66.